The number of amides is 2. The van der Waals surface area contributed by atoms with Crippen LogP contribution >= 0.6 is 23.4 Å². The van der Waals surface area contributed by atoms with Crippen molar-refractivity contribution in [2.75, 3.05) is 17.7 Å². The van der Waals surface area contributed by atoms with Crippen LogP contribution in [0.2, 0.25) is 5.02 Å². The van der Waals surface area contributed by atoms with Gasteiger partial charge < -0.3 is 15.4 Å². The molecule has 0 saturated heterocycles. The van der Waals surface area contributed by atoms with Crippen molar-refractivity contribution in [3.63, 3.8) is 0 Å². The SMILES string of the molecule is CCOC(=O)c1ccc(NC(=O)CSc2nnc(CNC(=O)c3c(F)cccc3Cl)n2-c2ccc(F)cc2)cc1. The lowest BCUT2D eigenvalue weighted by atomic mass is 10.2. The zero-order chi connectivity index (χ0) is 28.6. The number of ether oxygens (including phenoxy) is 1. The van der Waals surface area contributed by atoms with Gasteiger partial charge in [-0.1, -0.05) is 29.4 Å². The Morgan fingerprint density at radius 1 is 1.00 bits per heavy atom. The van der Waals surface area contributed by atoms with Gasteiger partial charge >= 0.3 is 5.97 Å². The van der Waals surface area contributed by atoms with Crippen LogP contribution in [-0.4, -0.2) is 44.9 Å². The van der Waals surface area contributed by atoms with Crippen LogP contribution in [0.25, 0.3) is 5.69 Å². The monoisotopic (exact) mass is 585 g/mol. The smallest absolute Gasteiger partial charge is 0.338 e. The summed E-state index contributed by atoms with van der Waals surface area (Å²) in [5.74, 6) is -2.60. The van der Waals surface area contributed by atoms with Crippen LogP contribution < -0.4 is 10.6 Å². The quantitative estimate of drug-likeness (QED) is 0.198. The maximum absolute atomic E-state index is 14.2. The van der Waals surface area contributed by atoms with Gasteiger partial charge in [0, 0.05) is 11.4 Å². The van der Waals surface area contributed by atoms with Gasteiger partial charge in [0.05, 0.1) is 35.1 Å². The minimum atomic E-state index is -0.775. The Morgan fingerprint density at radius 2 is 1.73 bits per heavy atom. The first-order valence-corrected chi connectivity index (χ1v) is 13.3. The molecule has 4 rings (SSSR count). The normalized spacial score (nSPS) is 10.7. The molecule has 0 aliphatic heterocycles. The fraction of sp³-hybridized carbons (Fsp3) is 0.148. The number of esters is 1. The Balaban J connectivity index is 1.47. The number of anilines is 1. The van der Waals surface area contributed by atoms with E-state index < -0.39 is 23.5 Å². The van der Waals surface area contributed by atoms with Crippen molar-refractivity contribution < 1.29 is 27.9 Å². The lowest BCUT2D eigenvalue weighted by Gasteiger charge is -2.12. The molecule has 2 N–H and O–H groups in total. The molecule has 40 heavy (non-hydrogen) atoms. The van der Waals surface area contributed by atoms with E-state index in [0.717, 1.165) is 17.8 Å². The lowest BCUT2D eigenvalue weighted by molar-refractivity contribution is -0.113. The van der Waals surface area contributed by atoms with Crippen molar-refractivity contribution in [2.45, 2.75) is 18.6 Å². The Kier molecular flexibility index (Phi) is 9.46. The highest BCUT2D eigenvalue weighted by Gasteiger charge is 2.20. The van der Waals surface area contributed by atoms with Crippen molar-refractivity contribution in [2.24, 2.45) is 0 Å². The van der Waals surface area contributed by atoms with E-state index in [1.165, 1.54) is 36.4 Å². The van der Waals surface area contributed by atoms with Gasteiger partial charge in [-0.2, -0.15) is 0 Å². The topological polar surface area (TPSA) is 115 Å². The molecule has 0 aliphatic rings. The summed E-state index contributed by atoms with van der Waals surface area (Å²) < 4.78 is 34.2. The predicted octanol–water partition coefficient (Wildman–Crippen LogP) is 5.04. The second-order valence-electron chi connectivity index (χ2n) is 8.12. The zero-order valence-corrected chi connectivity index (χ0v) is 22.6. The molecule has 0 atom stereocenters. The third-order valence-corrected chi connectivity index (χ3v) is 6.64. The average molecular weight is 586 g/mol. The van der Waals surface area contributed by atoms with Crippen LogP contribution in [-0.2, 0) is 16.1 Å². The summed E-state index contributed by atoms with van der Waals surface area (Å²) in [6.45, 7) is 1.81. The van der Waals surface area contributed by atoms with Crippen molar-refractivity contribution in [3.8, 4) is 5.69 Å². The first-order chi connectivity index (χ1) is 19.3. The predicted molar refractivity (Wildman–Crippen MR) is 146 cm³/mol. The third-order valence-electron chi connectivity index (χ3n) is 5.39. The number of halogens is 3. The minimum absolute atomic E-state index is 0.0460. The van der Waals surface area contributed by atoms with E-state index in [0.29, 0.717) is 22.1 Å². The fourth-order valence-electron chi connectivity index (χ4n) is 3.55. The number of rotatable bonds is 10. The number of thioether (sulfide) groups is 1. The summed E-state index contributed by atoms with van der Waals surface area (Å²) in [5.41, 5.74) is 1.02. The largest absolute Gasteiger partial charge is 0.462 e. The van der Waals surface area contributed by atoms with Crippen molar-refractivity contribution >= 4 is 46.8 Å². The molecule has 2 amide bonds. The molecular formula is C27H22ClF2N5O4S. The molecule has 0 unspecified atom stereocenters. The summed E-state index contributed by atoms with van der Waals surface area (Å²) in [5, 5.41) is 13.8. The summed E-state index contributed by atoms with van der Waals surface area (Å²) in [6, 6.07) is 15.6. The van der Waals surface area contributed by atoms with E-state index in [2.05, 4.69) is 20.8 Å². The molecule has 3 aromatic carbocycles. The average Bonchev–Trinajstić information content (AvgIpc) is 3.34. The molecule has 0 spiro atoms. The molecule has 0 radical (unpaired) electrons. The van der Waals surface area contributed by atoms with Crippen LogP contribution in [0.4, 0.5) is 14.5 Å². The van der Waals surface area contributed by atoms with Crippen LogP contribution in [0.5, 0.6) is 0 Å². The number of carbonyl (C=O) groups excluding carboxylic acids is 3. The van der Waals surface area contributed by atoms with Gasteiger partial charge in [0.2, 0.25) is 5.91 Å². The molecule has 4 aromatic rings. The highest BCUT2D eigenvalue weighted by atomic mass is 35.5. The number of carbonyl (C=O) groups is 3. The van der Waals surface area contributed by atoms with Gasteiger partial charge in [0.15, 0.2) is 11.0 Å². The summed E-state index contributed by atoms with van der Waals surface area (Å²) >= 11 is 7.04. The molecular weight excluding hydrogens is 564 g/mol. The Hall–Kier alpha value is -4.29. The van der Waals surface area contributed by atoms with Crippen LogP contribution in [0.1, 0.15) is 33.5 Å². The van der Waals surface area contributed by atoms with E-state index in [1.54, 1.807) is 35.8 Å². The van der Waals surface area contributed by atoms with Gasteiger partial charge in [0.25, 0.3) is 5.91 Å². The van der Waals surface area contributed by atoms with E-state index >= 15 is 0 Å². The highest BCUT2D eigenvalue weighted by Crippen LogP contribution is 2.24. The van der Waals surface area contributed by atoms with Gasteiger partial charge in [-0.25, -0.2) is 13.6 Å². The zero-order valence-electron chi connectivity index (χ0n) is 21.0. The van der Waals surface area contributed by atoms with E-state index in [4.69, 9.17) is 16.3 Å². The van der Waals surface area contributed by atoms with E-state index in [-0.39, 0.29) is 41.2 Å². The molecule has 206 valence electrons. The lowest BCUT2D eigenvalue weighted by Crippen LogP contribution is -2.26. The molecule has 13 heteroatoms. The second kappa shape index (κ2) is 13.2. The third kappa shape index (κ3) is 7.01. The van der Waals surface area contributed by atoms with Gasteiger partial charge in [-0.05, 0) is 67.6 Å². The van der Waals surface area contributed by atoms with Crippen LogP contribution in [0.15, 0.2) is 71.9 Å². The molecule has 0 bridgehead atoms. The number of hydrogen-bond donors (Lipinski definition) is 2. The van der Waals surface area contributed by atoms with Gasteiger partial charge in [-0.3, -0.25) is 14.2 Å². The first-order valence-electron chi connectivity index (χ1n) is 11.9. The maximum atomic E-state index is 14.2. The molecule has 0 aliphatic carbocycles. The number of aromatic nitrogens is 3. The summed E-state index contributed by atoms with van der Waals surface area (Å²) in [6.07, 6.45) is 0. The van der Waals surface area contributed by atoms with Crippen molar-refractivity contribution in [1.82, 2.24) is 20.1 Å². The fourth-order valence-corrected chi connectivity index (χ4v) is 4.57. The number of nitrogens with one attached hydrogen (secondary N) is 2. The van der Waals surface area contributed by atoms with Crippen LogP contribution in [0.3, 0.4) is 0 Å². The van der Waals surface area contributed by atoms with Crippen molar-refractivity contribution in [1.29, 1.82) is 0 Å². The standard InChI is InChI=1S/C27H22ClF2N5O4S/c1-2-39-26(38)16-6-10-18(11-7-16)32-23(36)15-40-27-34-33-22(35(27)19-12-8-17(29)9-13-19)14-31-25(37)24-20(28)4-3-5-21(24)30/h3-13H,2,14-15H2,1H3,(H,31,37)(H,32,36). The molecule has 0 saturated carbocycles. The summed E-state index contributed by atoms with van der Waals surface area (Å²) in [4.78, 5) is 37.0. The molecule has 1 heterocycles. The number of hydrogen-bond acceptors (Lipinski definition) is 7. The van der Waals surface area contributed by atoms with Gasteiger partial charge in [0.1, 0.15) is 11.6 Å². The van der Waals surface area contributed by atoms with Crippen molar-refractivity contribution in [3.05, 3.63) is 100 Å². The second-order valence-corrected chi connectivity index (χ2v) is 9.47. The number of benzene rings is 3. The Bertz CT molecular complexity index is 1510. The number of nitrogens with zero attached hydrogens (tertiary/aromatic N) is 3. The van der Waals surface area contributed by atoms with Crippen LogP contribution in [0, 0.1) is 11.6 Å². The minimum Gasteiger partial charge on any atom is -0.462 e. The van der Waals surface area contributed by atoms with E-state index in [9.17, 15) is 23.2 Å². The highest BCUT2D eigenvalue weighted by molar-refractivity contribution is 7.99. The molecule has 0 fully saturated rings. The maximum Gasteiger partial charge on any atom is 0.338 e. The molecule has 9 nitrogen and oxygen atoms in total. The summed E-state index contributed by atoms with van der Waals surface area (Å²) in [7, 11) is 0. The Morgan fingerprint density at radius 3 is 2.40 bits per heavy atom. The first kappa shape index (κ1) is 28.7. The Labute approximate surface area is 236 Å². The van der Waals surface area contributed by atoms with E-state index in [1.807, 2.05) is 0 Å². The van der Waals surface area contributed by atoms with Gasteiger partial charge in [-0.15, -0.1) is 10.2 Å². The molecule has 1 aromatic heterocycles.